The molecule has 19 heavy (non-hydrogen) atoms. The van der Waals surface area contributed by atoms with E-state index in [1.165, 1.54) is 19.2 Å². The summed E-state index contributed by atoms with van der Waals surface area (Å²) in [5, 5.41) is 9.23. The van der Waals surface area contributed by atoms with E-state index in [1.807, 2.05) is 6.07 Å². The van der Waals surface area contributed by atoms with Crippen molar-refractivity contribution in [3.05, 3.63) is 52.7 Å². The number of nitriles is 1. The van der Waals surface area contributed by atoms with E-state index in [0.29, 0.717) is 21.9 Å². The number of Topliss-reactive ketones (excluding diaryl/α,β-unsaturated/α-hetero) is 1. The summed E-state index contributed by atoms with van der Waals surface area (Å²) in [5.41, 5.74) is 0.813. The topological polar surface area (TPSA) is 63.0 Å². The van der Waals surface area contributed by atoms with Crippen molar-refractivity contribution in [3.8, 4) is 17.7 Å². The number of aromatic nitrogens is 1. The molecule has 0 bridgehead atoms. The fourth-order valence-electron chi connectivity index (χ4n) is 1.46. The fraction of sp³-hybridized carbons (Fsp3) is 0.0714. The Morgan fingerprint density at radius 1 is 1.42 bits per heavy atom. The number of rotatable bonds is 3. The van der Waals surface area contributed by atoms with Crippen LogP contribution in [0.1, 0.15) is 22.8 Å². The molecular formula is C14H9ClN2O2. The van der Waals surface area contributed by atoms with Gasteiger partial charge in [-0.15, -0.1) is 0 Å². The number of ketones is 1. The highest BCUT2D eigenvalue weighted by Crippen LogP contribution is 2.30. The normalized spacial score (nSPS) is 9.74. The number of hydrogen-bond donors (Lipinski definition) is 0. The molecule has 2 aromatic rings. The first kappa shape index (κ1) is 13.1. The maximum atomic E-state index is 11.2. The molecular weight excluding hydrogens is 264 g/mol. The summed E-state index contributed by atoms with van der Waals surface area (Å²) in [6.45, 7) is 1.46. The van der Waals surface area contributed by atoms with Crippen LogP contribution in [0.15, 0.2) is 36.5 Å². The van der Waals surface area contributed by atoms with Gasteiger partial charge in [0, 0.05) is 11.8 Å². The van der Waals surface area contributed by atoms with E-state index in [9.17, 15) is 4.79 Å². The van der Waals surface area contributed by atoms with Crippen molar-refractivity contribution < 1.29 is 9.53 Å². The predicted octanol–water partition coefficient (Wildman–Crippen LogP) is 3.60. The third-order valence-corrected chi connectivity index (χ3v) is 2.73. The van der Waals surface area contributed by atoms with Gasteiger partial charge in [-0.05, 0) is 37.3 Å². The van der Waals surface area contributed by atoms with Crippen molar-refractivity contribution in [3.63, 3.8) is 0 Å². The number of carbonyl (C=O) groups excluding carboxylic acids is 1. The van der Waals surface area contributed by atoms with Crippen LogP contribution < -0.4 is 4.74 Å². The number of hydrogen-bond acceptors (Lipinski definition) is 4. The molecule has 0 radical (unpaired) electrons. The molecule has 0 saturated heterocycles. The van der Waals surface area contributed by atoms with Crippen molar-refractivity contribution in [1.29, 1.82) is 5.26 Å². The van der Waals surface area contributed by atoms with E-state index < -0.39 is 0 Å². The summed E-state index contributed by atoms with van der Waals surface area (Å²) in [7, 11) is 0. The Kier molecular flexibility index (Phi) is 3.79. The molecule has 0 aliphatic rings. The smallest absolute Gasteiger partial charge is 0.237 e. The molecule has 0 atom stereocenters. The number of benzene rings is 1. The van der Waals surface area contributed by atoms with Gasteiger partial charge in [0.2, 0.25) is 5.88 Å². The first-order chi connectivity index (χ1) is 9.11. The average Bonchev–Trinajstić information content (AvgIpc) is 2.41. The monoisotopic (exact) mass is 272 g/mol. The quantitative estimate of drug-likeness (QED) is 0.801. The molecule has 0 amide bonds. The second kappa shape index (κ2) is 5.51. The molecule has 1 heterocycles. The van der Waals surface area contributed by atoms with Gasteiger partial charge in [-0.25, -0.2) is 4.98 Å². The summed E-state index contributed by atoms with van der Waals surface area (Å²) in [6, 6.07) is 9.93. The van der Waals surface area contributed by atoms with Gasteiger partial charge in [-0.2, -0.15) is 5.26 Å². The minimum Gasteiger partial charge on any atom is -0.436 e. The van der Waals surface area contributed by atoms with Gasteiger partial charge >= 0.3 is 0 Å². The van der Waals surface area contributed by atoms with Crippen molar-refractivity contribution in [1.82, 2.24) is 4.98 Å². The lowest BCUT2D eigenvalue weighted by Gasteiger charge is -2.08. The fourth-order valence-corrected chi connectivity index (χ4v) is 1.68. The minimum atomic E-state index is -0.0796. The van der Waals surface area contributed by atoms with Crippen molar-refractivity contribution in [2.24, 2.45) is 0 Å². The van der Waals surface area contributed by atoms with E-state index in [2.05, 4.69) is 4.98 Å². The summed E-state index contributed by atoms with van der Waals surface area (Å²) in [6.07, 6.45) is 1.52. The largest absolute Gasteiger partial charge is 0.436 e. The van der Waals surface area contributed by atoms with Gasteiger partial charge in [-0.3, -0.25) is 4.79 Å². The Morgan fingerprint density at radius 3 is 2.84 bits per heavy atom. The molecule has 5 heteroatoms. The number of ether oxygens (including phenoxy) is 1. The SMILES string of the molecule is CC(=O)c1ccc(Oc2ncccc2C#N)c(Cl)c1. The van der Waals surface area contributed by atoms with Crippen LogP contribution in [0.4, 0.5) is 0 Å². The molecule has 0 spiro atoms. The first-order valence-electron chi connectivity index (χ1n) is 5.45. The highest BCUT2D eigenvalue weighted by molar-refractivity contribution is 6.32. The van der Waals surface area contributed by atoms with Gasteiger partial charge in [0.15, 0.2) is 5.78 Å². The van der Waals surface area contributed by atoms with Crippen LogP contribution in [0.25, 0.3) is 0 Å². The van der Waals surface area contributed by atoms with E-state index in [-0.39, 0.29) is 11.7 Å². The van der Waals surface area contributed by atoms with Crippen molar-refractivity contribution in [2.75, 3.05) is 0 Å². The van der Waals surface area contributed by atoms with Gasteiger partial charge in [0.1, 0.15) is 17.4 Å². The number of pyridine rings is 1. The van der Waals surface area contributed by atoms with Gasteiger partial charge in [-0.1, -0.05) is 11.6 Å². The Labute approximate surface area is 115 Å². The second-order valence-corrected chi connectivity index (χ2v) is 4.18. The Hall–Kier alpha value is -2.38. The summed E-state index contributed by atoms with van der Waals surface area (Å²) in [4.78, 5) is 15.2. The number of halogens is 1. The molecule has 0 aliphatic heterocycles. The minimum absolute atomic E-state index is 0.0796. The van der Waals surface area contributed by atoms with Crippen LogP contribution in [0, 0.1) is 11.3 Å². The van der Waals surface area contributed by atoms with Crippen LogP contribution in [0.5, 0.6) is 11.6 Å². The molecule has 2 rings (SSSR count). The molecule has 1 aromatic carbocycles. The van der Waals surface area contributed by atoms with E-state index in [4.69, 9.17) is 21.6 Å². The Balaban J connectivity index is 2.34. The lowest BCUT2D eigenvalue weighted by atomic mass is 10.1. The third-order valence-electron chi connectivity index (χ3n) is 2.44. The predicted molar refractivity (Wildman–Crippen MR) is 70.5 cm³/mol. The zero-order chi connectivity index (χ0) is 13.8. The van der Waals surface area contributed by atoms with Crippen molar-refractivity contribution >= 4 is 17.4 Å². The second-order valence-electron chi connectivity index (χ2n) is 3.77. The standard InChI is InChI=1S/C14H9ClN2O2/c1-9(18)10-4-5-13(12(15)7-10)19-14-11(8-16)3-2-6-17-14/h2-7H,1H3. The summed E-state index contributed by atoms with van der Waals surface area (Å²) in [5.74, 6) is 0.452. The van der Waals surface area contributed by atoms with Crippen LogP contribution in [-0.2, 0) is 0 Å². The Bertz CT molecular complexity index is 677. The maximum Gasteiger partial charge on any atom is 0.237 e. The van der Waals surface area contributed by atoms with Crippen LogP contribution in [0.2, 0.25) is 5.02 Å². The van der Waals surface area contributed by atoms with E-state index >= 15 is 0 Å². The highest BCUT2D eigenvalue weighted by atomic mass is 35.5. The zero-order valence-electron chi connectivity index (χ0n) is 10.1. The van der Waals surface area contributed by atoms with Crippen LogP contribution >= 0.6 is 11.6 Å². The summed E-state index contributed by atoms with van der Waals surface area (Å²) >= 11 is 6.03. The maximum absolute atomic E-state index is 11.2. The van der Waals surface area contributed by atoms with Gasteiger partial charge in [0.25, 0.3) is 0 Å². The van der Waals surface area contributed by atoms with Gasteiger partial charge < -0.3 is 4.74 Å². The number of carbonyl (C=O) groups is 1. The highest BCUT2D eigenvalue weighted by Gasteiger charge is 2.10. The summed E-state index contributed by atoms with van der Waals surface area (Å²) < 4.78 is 5.49. The molecule has 0 N–H and O–H groups in total. The van der Waals surface area contributed by atoms with Gasteiger partial charge in [0.05, 0.1) is 5.02 Å². The lowest BCUT2D eigenvalue weighted by molar-refractivity contribution is 0.101. The lowest BCUT2D eigenvalue weighted by Crippen LogP contribution is -1.95. The third kappa shape index (κ3) is 2.90. The van der Waals surface area contributed by atoms with Crippen LogP contribution in [0.3, 0.4) is 0 Å². The zero-order valence-corrected chi connectivity index (χ0v) is 10.8. The molecule has 4 nitrogen and oxygen atoms in total. The van der Waals surface area contributed by atoms with Crippen molar-refractivity contribution in [2.45, 2.75) is 6.92 Å². The first-order valence-corrected chi connectivity index (χ1v) is 5.83. The average molecular weight is 273 g/mol. The number of nitrogens with zero attached hydrogens (tertiary/aromatic N) is 2. The van der Waals surface area contributed by atoms with Crippen LogP contribution in [-0.4, -0.2) is 10.8 Å². The van der Waals surface area contributed by atoms with E-state index in [0.717, 1.165) is 0 Å². The molecule has 0 fully saturated rings. The molecule has 94 valence electrons. The molecule has 0 aliphatic carbocycles. The molecule has 1 aromatic heterocycles. The Morgan fingerprint density at radius 2 is 2.21 bits per heavy atom. The molecule has 0 unspecified atom stereocenters. The molecule has 0 saturated carbocycles. The van der Waals surface area contributed by atoms with E-state index in [1.54, 1.807) is 24.3 Å².